The van der Waals surface area contributed by atoms with E-state index in [9.17, 15) is 14.0 Å². The summed E-state index contributed by atoms with van der Waals surface area (Å²) in [6.45, 7) is -7.86. The average molecular weight is 453 g/mol. The van der Waals surface area contributed by atoms with Gasteiger partial charge in [-0.05, 0) is 34.8 Å². The van der Waals surface area contributed by atoms with Gasteiger partial charge in [-0.3, -0.25) is 9.59 Å². The SMILES string of the molecule is [2H]C([2H])([2H])c1cc(C([2H])([2H])NC(=O)c2cc(C(=O)NC([2H])([2H])c3ccc(-c4nn[nH]n4)cc3)ncn2)ccc1F. The zero-order chi connectivity index (χ0) is 29.3. The Kier molecular flexibility index (Phi) is 4.28. The number of carbonyl (C=O) groups is 2. The highest BCUT2D eigenvalue weighted by molar-refractivity contribution is 5.97. The zero-order valence-corrected chi connectivity index (χ0v) is 16.6. The average Bonchev–Trinajstić information content (AvgIpc) is 3.43. The Morgan fingerprint density at radius 2 is 1.67 bits per heavy atom. The first-order valence-electron chi connectivity index (χ1n) is 12.8. The molecule has 0 bridgehead atoms. The number of carbonyl (C=O) groups excluding carboxylic acids is 2. The lowest BCUT2D eigenvalue weighted by atomic mass is 10.1. The van der Waals surface area contributed by atoms with Crippen LogP contribution in [0, 0.1) is 12.7 Å². The number of nitrogens with one attached hydrogen (secondary N) is 3. The van der Waals surface area contributed by atoms with E-state index < -0.39 is 48.7 Å². The Labute approximate surface area is 197 Å². The Morgan fingerprint density at radius 3 is 2.30 bits per heavy atom. The van der Waals surface area contributed by atoms with Gasteiger partial charge < -0.3 is 10.6 Å². The largest absolute Gasteiger partial charge is 0.347 e. The molecule has 0 aliphatic heterocycles. The van der Waals surface area contributed by atoms with Crippen molar-refractivity contribution < 1.29 is 23.6 Å². The molecular formula is C22H19FN8O2. The third-order valence-corrected chi connectivity index (χ3v) is 4.23. The summed E-state index contributed by atoms with van der Waals surface area (Å²) in [7, 11) is 0. The summed E-state index contributed by atoms with van der Waals surface area (Å²) in [6, 6.07) is 9.38. The van der Waals surface area contributed by atoms with Crippen LogP contribution in [0.2, 0.25) is 0 Å². The van der Waals surface area contributed by atoms with Crippen molar-refractivity contribution in [3.63, 3.8) is 0 Å². The van der Waals surface area contributed by atoms with E-state index in [0.29, 0.717) is 11.4 Å². The van der Waals surface area contributed by atoms with Crippen molar-refractivity contribution >= 4 is 11.8 Å². The summed E-state index contributed by atoms with van der Waals surface area (Å²) in [5.74, 6) is -2.85. The van der Waals surface area contributed by atoms with Crippen molar-refractivity contribution in [2.45, 2.75) is 19.8 Å². The van der Waals surface area contributed by atoms with Gasteiger partial charge in [0.15, 0.2) is 0 Å². The van der Waals surface area contributed by atoms with Crippen LogP contribution >= 0.6 is 0 Å². The molecule has 4 rings (SSSR count). The van der Waals surface area contributed by atoms with Gasteiger partial charge >= 0.3 is 0 Å². The van der Waals surface area contributed by atoms with E-state index in [1.54, 1.807) is 0 Å². The Hall–Kier alpha value is -4.54. The number of amides is 2. The van der Waals surface area contributed by atoms with E-state index in [1.165, 1.54) is 24.3 Å². The molecular weight excluding hydrogens is 427 g/mol. The van der Waals surface area contributed by atoms with Crippen LogP contribution in [0.15, 0.2) is 54.9 Å². The molecule has 166 valence electrons. The van der Waals surface area contributed by atoms with E-state index in [-0.39, 0.29) is 16.8 Å². The fraction of sp³-hybridized carbons (Fsp3) is 0.136. The number of halogens is 1. The molecule has 2 aromatic carbocycles. The molecule has 11 heteroatoms. The second-order valence-electron chi connectivity index (χ2n) is 6.45. The van der Waals surface area contributed by atoms with Crippen LogP contribution in [0.25, 0.3) is 11.4 Å². The fourth-order valence-corrected chi connectivity index (χ4v) is 2.58. The molecule has 0 aliphatic carbocycles. The summed E-state index contributed by atoms with van der Waals surface area (Å²) >= 11 is 0. The van der Waals surface area contributed by atoms with Crippen molar-refractivity contribution in [1.82, 2.24) is 41.2 Å². The van der Waals surface area contributed by atoms with Crippen LogP contribution in [0.3, 0.4) is 0 Å². The number of hydrogen-bond acceptors (Lipinski definition) is 7. The molecule has 0 atom stereocenters. The first-order chi connectivity index (χ1) is 18.7. The maximum atomic E-state index is 13.9. The second-order valence-corrected chi connectivity index (χ2v) is 6.45. The molecule has 33 heavy (non-hydrogen) atoms. The van der Waals surface area contributed by atoms with Gasteiger partial charge in [0.25, 0.3) is 11.8 Å². The minimum absolute atomic E-state index is 0.0871. The minimum atomic E-state index is -2.85. The normalized spacial score (nSPS) is 15.0. The maximum Gasteiger partial charge on any atom is 0.270 e. The first-order valence-corrected chi connectivity index (χ1v) is 9.29. The van der Waals surface area contributed by atoms with Gasteiger partial charge in [-0.25, -0.2) is 14.4 Å². The highest BCUT2D eigenvalue weighted by Gasteiger charge is 2.13. The van der Waals surface area contributed by atoms with E-state index in [0.717, 1.165) is 30.6 Å². The van der Waals surface area contributed by atoms with Crippen molar-refractivity contribution in [3.8, 4) is 11.4 Å². The van der Waals surface area contributed by atoms with Crippen LogP contribution in [-0.4, -0.2) is 42.4 Å². The number of aryl methyl sites for hydroxylation is 1. The van der Waals surface area contributed by atoms with Crippen molar-refractivity contribution in [2.24, 2.45) is 0 Å². The Morgan fingerprint density at radius 1 is 1.00 bits per heavy atom. The van der Waals surface area contributed by atoms with Gasteiger partial charge in [-0.1, -0.05) is 36.4 Å². The molecule has 0 saturated heterocycles. The summed E-state index contributed by atoms with van der Waals surface area (Å²) in [6.07, 6.45) is 0.860. The van der Waals surface area contributed by atoms with Gasteiger partial charge in [-0.15, -0.1) is 10.2 Å². The van der Waals surface area contributed by atoms with Crippen molar-refractivity contribution in [3.05, 3.63) is 88.8 Å². The van der Waals surface area contributed by atoms with Gasteiger partial charge in [0.1, 0.15) is 23.5 Å². The molecule has 10 nitrogen and oxygen atoms in total. The molecule has 4 aromatic rings. The maximum absolute atomic E-state index is 13.9. The third kappa shape index (κ3) is 5.39. The lowest BCUT2D eigenvalue weighted by Gasteiger charge is -2.08. The topological polar surface area (TPSA) is 138 Å². The fourth-order valence-electron chi connectivity index (χ4n) is 2.58. The van der Waals surface area contributed by atoms with Crippen LogP contribution in [0.5, 0.6) is 0 Å². The molecule has 0 unspecified atom stereocenters. The van der Waals surface area contributed by atoms with Gasteiger partial charge in [-0.2, -0.15) is 5.21 Å². The standard InChI is InChI=1S/C22H19FN8O2/c1-13-8-15(4-7-17(13)23)11-25-22(33)19-9-18(26-12-27-19)21(32)24-10-14-2-5-16(6-3-14)20-28-30-31-29-20/h2-9,12H,10-11H2,1H3,(H,24,32)(H,25,33)(H,28,29,30,31)/i1D3,10D2,11D2. The quantitative estimate of drug-likeness (QED) is 0.389. The molecule has 0 saturated carbocycles. The van der Waals surface area contributed by atoms with Crippen molar-refractivity contribution in [2.75, 3.05) is 0 Å². The highest BCUT2D eigenvalue weighted by atomic mass is 19.1. The van der Waals surface area contributed by atoms with E-state index in [4.69, 9.17) is 9.60 Å². The Balaban J connectivity index is 1.48. The number of benzene rings is 2. The number of tetrazole rings is 1. The number of aromatic nitrogens is 6. The predicted molar refractivity (Wildman–Crippen MR) is 115 cm³/mol. The summed E-state index contributed by atoms with van der Waals surface area (Å²) in [4.78, 5) is 33.0. The molecule has 2 amide bonds. The van der Waals surface area contributed by atoms with E-state index >= 15 is 0 Å². The molecule has 0 fully saturated rings. The second kappa shape index (κ2) is 9.73. The van der Waals surface area contributed by atoms with Crippen LogP contribution < -0.4 is 10.6 Å². The predicted octanol–water partition coefficient (Wildman–Crippen LogP) is 1.96. The minimum Gasteiger partial charge on any atom is -0.347 e. The molecule has 0 radical (unpaired) electrons. The van der Waals surface area contributed by atoms with Crippen LogP contribution in [-0.2, 0) is 13.0 Å². The smallest absolute Gasteiger partial charge is 0.270 e. The summed E-state index contributed by atoms with van der Waals surface area (Å²) < 4.78 is 69.0. The van der Waals surface area contributed by atoms with Crippen molar-refractivity contribution in [1.29, 1.82) is 0 Å². The van der Waals surface area contributed by atoms with Crippen LogP contribution in [0.4, 0.5) is 4.39 Å². The monoisotopic (exact) mass is 453 g/mol. The number of hydrogen-bond donors (Lipinski definition) is 3. The number of rotatable bonds is 7. The number of H-pyrrole nitrogens is 1. The molecule has 0 spiro atoms. The van der Waals surface area contributed by atoms with Gasteiger partial charge in [0, 0.05) is 28.7 Å². The van der Waals surface area contributed by atoms with E-state index in [2.05, 4.69) is 35.9 Å². The molecule has 2 aromatic heterocycles. The highest BCUT2D eigenvalue weighted by Crippen LogP contribution is 2.14. The lowest BCUT2D eigenvalue weighted by molar-refractivity contribution is 0.0944. The molecule has 0 aliphatic rings. The number of nitrogens with zero attached hydrogens (tertiary/aromatic N) is 5. The zero-order valence-electron chi connectivity index (χ0n) is 23.6. The number of aromatic amines is 1. The van der Waals surface area contributed by atoms with Gasteiger partial charge in [0.05, 0.1) is 5.48 Å². The molecule has 3 N–H and O–H groups in total. The molecule has 2 heterocycles. The van der Waals surface area contributed by atoms with E-state index in [1.807, 2.05) is 5.32 Å². The first kappa shape index (κ1) is 14.5. The third-order valence-electron chi connectivity index (χ3n) is 4.23. The summed E-state index contributed by atoms with van der Waals surface area (Å²) in [5.41, 5.74) is -1.24. The summed E-state index contributed by atoms with van der Waals surface area (Å²) in [5, 5.41) is 17.6. The lowest BCUT2D eigenvalue weighted by Crippen LogP contribution is -2.27. The van der Waals surface area contributed by atoms with Gasteiger partial charge in [0.2, 0.25) is 5.82 Å². The Bertz CT molecular complexity index is 1550. The van der Waals surface area contributed by atoms with Crippen LogP contribution in [0.1, 0.15) is 47.3 Å².